The maximum Gasteiger partial charge on any atom is 0.438 e. The van der Waals surface area contributed by atoms with Crippen LogP contribution < -0.4 is 9.80 Å². The maximum absolute atomic E-state index is 14.9. The number of anilines is 2. The number of benzene rings is 4. The molecule has 1 saturated heterocycles. The second-order valence-corrected chi connectivity index (χ2v) is 18.1. The van der Waals surface area contributed by atoms with E-state index in [1.165, 1.54) is 65.2 Å². The number of unbranched alkanes of at least 4 members (excludes halogenated alkanes) is 2. The van der Waals surface area contributed by atoms with Crippen molar-refractivity contribution >= 4 is 50.8 Å². The first kappa shape index (κ1) is 42.0. The van der Waals surface area contributed by atoms with Crippen molar-refractivity contribution in [2.45, 2.75) is 111 Å². The minimum atomic E-state index is -0.433. The van der Waals surface area contributed by atoms with Gasteiger partial charge in [-0.1, -0.05) is 127 Å². The lowest BCUT2D eigenvalue weighted by atomic mass is 9.78. The van der Waals surface area contributed by atoms with Crippen LogP contribution in [-0.4, -0.2) is 58.6 Å². The van der Waals surface area contributed by atoms with Gasteiger partial charge >= 0.3 is 11.9 Å². The zero-order valence-electron chi connectivity index (χ0n) is 37.6. The van der Waals surface area contributed by atoms with Crippen molar-refractivity contribution in [2.24, 2.45) is 0 Å². The molecule has 0 aromatic heterocycles. The zero-order valence-corrected chi connectivity index (χ0v) is 37.6. The Morgan fingerprint density at radius 2 is 1.03 bits per heavy atom. The van der Waals surface area contributed by atoms with Crippen molar-refractivity contribution in [3.63, 3.8) is 0 Å². The maximum atomic E-state index is 14.9. The highest BCUT2D eigenvalue weighted by molar-refractivity contribution is 6.30. The Labute approximate surface area is 362 Å². The van der Waals surface area contributed by atoms with Crippen molar-refractivity contribution < 1.29 is 14.4 Å². The lowest BCUT2D eigenvalue weighted by Crippen LogP contribution is -2.57. The molecule has 0 bridgehead atoms. The minimum absolute atomic E-state index is 0.226. The molecule has 7 heteroatoms. The summed E-state index contributed by atoms with van der Waals surface area (Å²) in [7, 11) is 0. The molecule has 8 rings (SSSR count). The summed E-state index contributed by atoms with van der Waals surface area (Å²) in [6, 6.07) is 25.8. The topological polar surface area (TPSA) is 68.5 Å². The van der Waals surface area contributed by atoms with E-state index in [0.29, 0.717) is 25.9 Å². The van der Waals surface area contributed by atoms with Crippen LogP contribution in [0.1, 0.15) is 111 Å². The van der Waals surface area contributed by atoms with Crippen LogP contribution in [0.4, 0.5) is 16.2 Å². The van der Waals surface area contributed by atoms with E-state index in [4.69, 9.17) is 0 Å². The van der Waals surface area contributed by atoms with Crippen LogP contribution in [-0.2, 0) is 15.6 Å². The normalized spacial score (nSPS) is 22.6. The van der Waals surface area contributed by atoms with Crippen LogP contribution in [0.2, 0.25) is 0 Å². The zero-order chi connectivity index (χ0) is 43.2. The quantitative estimate of drug-likeness (QED) is 0.0908. The average molecular weight is 816 g/mol. The minimum Gasteiger partial charge on any atom is -0.344 e. The van der Waals surface area contributed by atoms with E-state index in [0.717, 1.165) is 61.9 Å². The number of carbonyl (C=O) groups excluding carboxylic acids is 3. The molecule has 0 radical (unpaired) electrons. The summed E-state index contributed by atoms with van der Waals surface area (Å²) in [5, 5.41) is 4.99. The van der Waals surface area contributed by atoms with Gasteiger partial charge in [0.15, 0.2) is 5.57 Å². The summed E-state index contributed by atoms with van der Waals surface area (Å²) in [6.45, 7) is 20.1. The monoisotopic (exact) mass is 815 g/mol. The molecule has 4 aliphatic rings. The third-order valence-corrected chi connectivity index (χ3v) is 13.7. The Balaban J connectivity index is 1.32. The first-order valence-corrected chi connectivity index (χ1v) is 22.8. The van der Waals surface area contributed by atoms with Crippen LogP contribution in [0, 0.1) is 0 Å². The number of hydrogen-bond acceptors (Lipinski definition) is 4. The molecule has 1 saturated carbocycles. The standard InChI is InChI=1S/C54H62N4O3/c1-9-13-34-57-50(59)47(51(60)58(52(57)61)35-14-10-2)46-38(28-32-44-53(5,6)48-40-24-17-15-20-36(40)26-30-42(48)55(44)11-3)22-19-23-39(46)29-33-45-54(7,8)49-41-25-18-16-21-37(41)27-31-43(49)56(45)12-4/h15-18,20-21,24-33H,9-14,19,22-23,34-35H2,1-8H3/p+1/b38-28+,39-29+,44-32+,45-33?. The van der Waals surface area contributed by atoms with Crippen molar-refractivity contribution in [3.05, 3.63) is 142 Å². The molecule has 0 atom stereocenters. The molecule has 0 unspecified atom stereocenters. The molecular formula is C54H63N4O3+. The fraction of sp³-hybridized carbons (Fsp3) is 0.389. The highest BCUT2D eigenvalue weighted by atomic mass is 16.2. The number of carbonyl (C=O) groups is 2. The molecule has 3 heterocycles. The number of allylic oxidation sites excluding steroid dienone is 9. The summed E-state index contributed by atoms with van der Waals surface area (Å²) < 4.78 is 0. The van der Waals surface area contributed by atoms with Crippen LogP contribution in [0.3, 0.4) is 0 Å². The van der Waals surface area contributed by atoms with Gasteiger partial charge in [-0.3, -0.25) is 14.5 Å². The summed E-state index contributed by atoms with van der Waals surface area (Å²) >= 11 is 0. The molecule has 4 amide bonds. The van der Waals surface area contributed by atoms with E-state index in [9.17, 15) is 14.4 Å². The Kier molecular flexibility index (Phi) is 11.5. The van der Waals surface area contributed by atoms with Crippen molar-refractivity contribution in [3.8, 4) is 0 Å². The van der Waals surface area contributed by atoms with Gasteiger partial charge in [0.2, 0.25) is 0 Å². The van der Waals surface area contributed by atoms with Crippen LogP contribution in [0.15, 0.2) is 131 Å². The lowest BCUT2D eigenvalue weighted by molar-refractivity contribution is -0.125. The van der Waals surface area contributed by atoms with Gasteiger partial charge in [0.05, 0.1) is 0 Å². The second-order valence-electron chi connectivity index (χ2n) is 18.1. The van der Waals surface area contributed by atoms with Gasteiger partial charge in [-0.25, -0.2) is 9.69 Å². The molecule has 316 valence electrons. The molecule has 1 aliphatic carbocycles. The number of barbiturate groups is 1. The Bertz CT molecular complexity index is 2430. The third kappa shape index (κ3) is 6.94. The molecule has 4 aromatic rings. The molecule has 1 N–H and O–H groups in total. The first-order valence-electron chi connectivity index (χ1n) is 22.8. The number of rotatable bonds is 10. The molecule has 0 spiro atoms. The van der Waals surface area contributed by atoms with Crippen LogP contribution in [0.5, 0.6) is 0 Å². The number of likely N-dealkylation sites (N-methyl/N-ethyl adjacent to an activating group) is 2. The van der Waals surface area contributed by atoms with Gasteiger partial charge in [0.1, 0.15) is 0 Å². The Hall–Kier alpha value is -5.69. The Morgan fingerprint density at radius 1 is 0.574 bits per heavy atom. The predicted molar refractivity (Wildman–Crippen MR) is 254 cm³/mol. The van der Waals surface area contributed by atoms with Gasteiger partial charge in [0.25, 0.3) is 5.91 Å². The number of imide groups is 2. The highest BCUT2D eigenvalue weighted by Crippen LogP contribution is 2.52. The van der Waals surface area contributed by atoms with E-state index >= 15 is 0 Å². The first-order chi connectivity index (χ1) is 29.4. The van der Waals surface area contributed by atoms with E-state index < -0.39 is 11.9 Å². The van der Waals surface area contributed by atoms with E-state index in [2.05, 4.69) is 162 Å². The number of hydrogen-bond donors (Lipinski definition) is 0. The third-order valence-electron chi connectivity index (χ3n) is 13.7. The van der Waals surface area contributed by atoms with E-state index in [-0.39, 0.29) is 22.3 Å². The molecule has 61 heavy (non-hydrogen) atoms. The SMILES string of the molecule is CCCCN1C(=O)C(=C2/C(=C/C=C3N(CC)c4ccc5ccccc5c4C3(C)C)CCC/C2=C\C=C2\N(CC)c3ccc4ccccc4c3C2(C)C)C(=[OH+])N(CCCC)C1=O. The number of fused-ring (bicyclic) bond motifs is 6. The summed E-state index contributed by atoms with van der Waals surface area (Å²) in [4.78, 5) is 48.8. The molecule has 2 fully saturated rings. The van der Waals surface area contributed by atoms with Crippen molar-refractivity contribution in [2.75, 3.05) is 36.0 Å². The second kappa shape index (κ2) is 16.6. The van der Waals surface area contributed by atoms with Crippen LogP contribution >= 0.6 is 0 Å². The van der Waals surface area contributed by atoms with E-state index in [1.54, 1.807) is 0 Å². The Morgan fingerprint density at radius 3 is 1.49 bits per heavy atom. The molecule has 7 nitrogen and oxygen atoms in total. The van der Waals surface area contributed by atoms with Gasteiger partial charge in [-0.15, -0.1) is 0 Å². The smallest absolute Gasteiger partial charge is 0.344 e. The number of urea groups is 1. The molecular weight excluding hydrogens is 753 g/mol. The highest BCUT2D eigenvalue weighted by Gasteiger charge is 2.49. The summed E-state index contributed by atoms with van der Waals surface area (Å²) in [5.74, 6) is -0.640. The van der Waals surface area contributed by atoms with E-state index in [1.807, 2.05) is 0 Å². The van der Waals surface area contributed by atoms with Crippen molar-refractivity contribution in [1.82, 2.24) is 9.80 Å². The van der Waals surface area contributed by atoms with Crippen LogP contribution in [0.25, 0.3) is 21.5 Å². The van der Waals surface area contributed by atoms with Gasteiger partial charge < -0.3 is 9.80 Å². The number of amides is 4. The summed E-state index contributed by atoms with van der Waals surface area (Å²) in [5.41, 5.74) is 9.89. The van der Waals surface area contributed by atoms with Gasteiger partial charge in [-0.2, -0.15) is 0 Å². The molecule has 4 aromatic carbocycles. The van der Waals surface area contributed by atoms with Crippen molar-refractivity contribution in [1.29, 1.82) is 0 Å². The van der Waals surface area contributed by atoms with Gasteiger partial charge in [-0.05, 0) is 114 Å². The fourth-order valence-electron chi connectivity index (χ4n) is 10.6. The number of nitrogens with zero attached hydrogens (tertiary/aromatic N) is 4. The largest absolute Gasteiger partial charge is 0.438 e. The summed E-state index contributed by atoms with van der Waals surface area (Å²) in [6.07, 6.45) is 14.4. The fourth-order valence-corrected chi connectivity index (χ4v) is 10.6. The lowest BCUT2D eigenvalue weighted by Gasteiger charge is -2.34. The van der Waals surface area contributed by atoms with Gasteiger partial charge in [0, 0.05) is 65.4 Å². The molecule has 3 aliphatic heterocycles. The average Bonchev–Trinajstić information content (AvgIpc) is 3.63. The predicted octanol–water partition coefficient (Wildman–Crippen LogP) is 12.4.